The van der Waals surface area contributed by atoms with Crippen molar-refractivity contribution in [2.24, 2.45) is 0 Å². The van der Waals surface area contributed by atoms with Gasteiger partial charge in [0.05, 0.1) is 0 Å². The lowest BCUT2D eigenvalue weighted by molar-refractivity contribution is 0.187. The van der Waals surface area contributed by atoms with E-state index in [1.165, 1.54) is 12.1 Å². The lowest BCUT2D eigenvalue weighted by atomic mass is 10.1. The summed E-state index contributed by atoms with van der Waals surface area (Å²) >= 11 is 0. The predicted molar refractivity (Wildman–Crippen MR) is 69.1 cm³/mol. The molecular formula is C13H18FN3O. The van der Waals surface area contributed by atoms with Gasteiger partial charge in [-0.3, -0.25) is 0 Å². The number of urea groups is 1. The summed E-state index contributed by atoms with van der Waals surface area (Å²) in [6.07, 6.45) is 2.10. The minimum Gasteiger partial charge on any atom is -0.323 e. The first-order valence-corrected chi connectivity index (χ1v) is 6.18. The summed E-state index contributed by atoms with van der Waals surface area (Å²) in [5.41, 5.74) is 0.619. The Balaban J connectivity index is 1.93. The van der Waals surface area contributed by atoms with Crippen LogP contribution in [0.3, 0.4) is 0 Å². The first-order chi connectivity index (χ1) is 8.69. The highest BCUT2D eigenvalue weighted by Gasteiger charge is 2.22. The molecule has 5 heteroatoms. The molecule has 2 rings (SSSR count). The monoisotopic (exact) mass is 251 g/mol. The van der Waals surface area contributed by atoms with Crippen LogP contribution in [0.4, 0.5) is 14.9 Å². The standard InChI is InChI=1S/C13H18FN3O/c1-15-12-3-2-8-17(9-12)13(18)16-11-6-4-10(14)5-7-11/h4-7,12,15H,2-3,8-9H2,1H3,(H,16,18). The molecular weight excluding hydrogens is 233 g/mol. The summed E-state index contributed by atoms with van der Waals surface area (Å²) in [4.78, 5) is 13.8. The first-order valence-electron chi connectivity index (χ1n) is 6.18. The molecule has 0 bridgehead atoms. The highest BCUT2D eigenvalue weighted by Crippen LogP contribution is 2.13. The molecule has 1 fully saturated rings. The number of rotatable bonds is 2. The molecule has 1 heterocycles. The van der Waals surface area contributed by atoms with Gasteiger partial charge in [-0.25, -0.2) is 9.18 Å². The zero-order chi connectivity index (χ0) is 13.0. The molecule has 1 saturated heterocycles. The smallest absolute Gasteiger partial charge is 0.321 e. The average molecular weight is 251 g/mol. The highest BCUT2D eigenvalue weighted by molar-refractivity contribution is 5.89. The molecule has 18 heavy (non-hydrogen) atoms. The summed E-state index contributed by atoms with van der Waals surface area (Å²) in [5, 5.41) is 5.96. The molecule has 4 nitrogen and oxygen atoms in total. The van der Waals surface area contributed by atoms with Crippen LogP contribution in [0, 0.1) is 5.82 Å². The van der Waals surface area contributed by atoms with E-state index < -0.39 is 0 Å². The van der Waals surface area contributed by atoms with Gasteiger partial charge in [-0.15, -0.1) is 0 Å². The van der Waals surface area contributed by atoms with E-state index in [2.05, 4.69) is 10.6 Å². The minimum absolute atomic E-state index is 0.124. The maximum absolute atomic E-state index is 12.7. The number of hydrogen-bond donors (Lipinski definition) is 2. The Bertz CT molecular complexity index is 407. The van der Waals surface area contributed by atoms with Crippen molar-refractivity contribution < 1.29 is 9.18 Å². The molecule has 1 aromatic rings. The van der Waals surface area contributed by atoms with Crippen LogP contribution in [0.2, 0.25) is 0 Å². The third-order valence-corrected chi connectivity index (χ3v) is 3.21. The van der Waals surface area contributed by atoms with Crippen molar-refractivity contribution in [1.82, 2.24) is 10.2 Å². The van der Waals surface area contributed by atoms with E-state index in [0.717, 1.165) is 19.4 Å². The van der Waals surface area contributed by atoms with Gasteiger partial charge in [0.2, 0.25) is 0 Å². The number of nitrogens with one attached hydrogen (secondary N) is 2. The summed E-state index contributed by atoms with van der Waals surface area (Å²) in [6, 6.07) is 6.03. The van der Waals surface area contributed by atoms with Crippen LogP contribution >= 0.6 is 0 Å². The second-order valence-corrected chi connectivity index (χ2v) is 4.51. The van der Waals surface area contributed by atoms with E-state index >= 15 is 0 Å². The fourth-order valence-electron chi connectivity index (χ4n) is 2.13. The van der Waals surface area contributed by atoms with Crippen LogP contribution in [0.15, 0.2) is 24.3 Å². The van der Waals surface area contributed by atoms with Gasteiger partial charge in [0.15, 0.2) is 0 Å². The van der Waals surface area contributed by atoms with Gasteiger partial charge in [-0.05, 0) is 44.2 Å². The molecule has 1 unspecified atom stereocenters. The summed E-state index contributed by atoms with van der Waals surface area (Å²) in [5.74, 6) is -0.304. The van der Waals surface area contributed by atoms with E-state index in [0.29, 0.717) is 18.3 Å². The second-order valence-electron chi connectivity index (χ2n) is 4.51. The van der Waals surface area contributed by atoms with Crippen LogP contribution in [-0.4, -0.2) is 37.1 Å². The number of halogens is 1. The number of amides is 2. The largest absolute Gasteiger partial charge is 0.323 e. The van der Waals surface area contributed by atoms with E-state index in [9.17, 15) is 9.18 Å². The van der Waals surface area contributed by atoms with E-state index in [1.807, 2.05) is 7.05 Å². The molecule has 98 valence electrons. The fraction of sp³-hybridized carbons (Fsp3) is 0.462. The third-order valence-electron chi connectivity index (χ3n) is 3.21. The topological polar surface area (TPSA) is 44.4 Å². The minimum atomic E-state index is -0.304. The maximum atomic E-state index is 12.7. The number of benzene rings is 1. The van der Waals surface area contributed by atoms with E-state index in [-0.39, 0.29) is 11.8 Å². The number of hydrogen-bond acceptors (Lipinski definition) is 2. The molecule has 0 aliphatic carbocycles. The van der Waals surface area contributed by atoms with Gasteiger partial charge < -0.3 is 15.5 Å². The molecule has 1 aliphatic heterocycles. The van der Waals surface area contributed by atoms with Gasteiger partial charge in [0.25, 0.3) is 0 Å². The summed E-state index contributed by atoms with van der Waals surface area (Å²) in [6.45, 7) is 1.48. The lowest BCUT2D eigenvalue weighted by Crippen LogP contribution is -2.48. The highest BCUT2D eigenvalue weighted by atomic mass is 19.1. The normalized spacial score (nSPS) is 19.7. The number of nitrogens with zero attached hydrogens (tertiary/aromatic N) is 1. The second kappa shape index (κ2) is 5.82. The molecule has 1 aromatic carbocycles. The van der Waals surface area contributed by atoms with Gasteiger partial charge in [-0.1, -0.05) is 0 Å². The van der Waals surface area contributed by atoms with Crippen molar-refractivity contribution in [2.75, 3.05) is 25.5 Å². The van der Waals surface area contributed by atoms with Gasteiger partial charge in [0.1, 0.15) is 5.82 Å². The summed E-state index contributed by atoms with van der Waals surface area (Å²) in [7, 11) is 1.91. The fourth-order valence-corrected chi connectivity index (χ4v) is 2.13. The first kappa shape index (κ1) is 12.8. The van der Waals surface area contributed by atoms with Crippen molar-refractivity contribution in [3.63, 3.8) is 0 Å². The molecule has 0 spiro atoms. The molecule has 0 radical (unpaired) electrons. The van der Waals surface area contributed by atoms with Crippen LogP contribution in [0.1, 0.15) is 12.8 Å². The quantitative estimate of drug-likeness (QED) is 0.845. The van der Waals surface area contributed by atoms with E-state index in [4.69, 9.17) is 0 Å². The molecule has 2 amide bonds. The number of carbonyl (C=O) groups excluding carboxylic acids is 1. The molecule has 1 atom stereocenters. The Labute approximate surface area is 106 Å². The zero-order valence-corrected chi connectivity index (χ0v) is 10.4. The molecule has 0 saturated carbocycles. The number of anilines is 1. The third kappa shape index (κ3) is 3.20. The number of carbonyl (C=O) groups is 1. The van der Waals surface area contributed by atoms with Crippen molar-refractivity contribution in [1.29, 1.82) is 0 Å². The van der Waals surface area contributed by atoms with E-state index in [1.54, 1.807) is 17.0 Å². The lowest BCUT2D eigenvalue weighted by Gasteiger charge is -2.32. The van der Waals surface area contributed by atoms with Gasteiger partial charge in [0, 0.05) is 24.8 Å². The Morgan fingerprint density at radius 2 is 2.11 bits per heavy atom. The Morgan fingerprint density at radius 1 is 1.39 bits per heavy atom. The molecule has 2 N–H and O–H groups in total. The van der Waals surface area contributed by atoms with Crippen LogP contribution in [0.5, 0.6) is 0 Å². The van der Waals surface area contributed by atoms with Gasteiger partial charge >= 0.3 is 6.03 Å². The number of piperidine rings is 1. The van der Waals surface area contributed by atoms with Crippen molar-refractivity contribution in [3.05, 3.63) is 30.1 Å². The Kier molecular flexibility index (Phi) is 4.15. The maximum Gasteiger partial charge on any atom is 0.321 e. The number of likely N-dealkylation sites (N-methyl/N-ethyl adjacent to an activating group) is 1. The van der Waals surface area contributed by atoms with Crippen molar-refractivity contribution >= 4 is 11.7 Å². The SMILES string of the molecule is CNC1CCCN(C(=O)Nc2ccc(F)cc2)C1. The van der Waals surface area contributed by atoms with Crippen molar-refractivity contribution in [3.8, 4) is 0 Å². The summed E-state index contributed by atoms with van der Waals surface area (Å²) < 4.78 is 12.7. The average Bonchev–Trinajstić information content (AvgIpc) is 2.41. The molecule has 0 aromatic heterocycles. The predicted octanol–water partition coefficient (Wildman–Crippen LogP) is 2.04. The number of likely N-dealkylation sites (tertiary alicyclic amines) is 1. The van der Waals surface area contributed by atoms with Gasteiger partial charge in [-0.2, -0.15) is 0 Å². The van der Waals surface area contributed by atoms with Crippen LogP contribution in [-0.2, 0) is 0 Å². The van der Waals surface area contributed by atoms with Crippen molar-refractivity contribution in [2.45, 2.75) is 18.9 Å². The zero-order valence-electron chi connectivity index (χ0n) is 10.4. The van der Waals surface area contributed by atoms with Crippen LogP contribution < -0.4 is 10.6 Å². The van der Waals surface area contributed by atoms with Crippen LogP contribution in [0.25, 0.3) is 0 Å². The molecule has 1 aliphatic rings. The Morgan fingerprint density at radius 3 is 2.78 bits per heavy atom. The Hall–Kier alpha value is -1.62.